The summed E-state index contributed by atoms with van der Waals surface area (Å²) in [6.45, 7) is 1.25. The van der Waals surface area contributed by atoms with Gasteiger partial charge < -0.3 is 14.2 Å². The molecule has 0 spiro atoms. The Morgan fingerprint density at radius 3 is 2.62 bits per heavy atom. The highest BCUT2D eigenvalue weighted by Crippen LogP contribution is 2.36. The van der Waals surface area contributed by atoms with Crippen LogP contribution in [0, 0.1) is 0 Å². The smallest absolute Gasteiger partial charge is 0.161 e. The van der Waals surface area contributed by atoms with Crippen LogP contribution in [0.5, 0.6) is 11.5 Å². The summed E-state index contributed by atoms with van der Waals surface area (Å²) >= 11 is 6.25. The number of alkyl halides is 1. The molecule has 3 nitrogen and oxygen atoms in total. The van der Waals surface area contributed by atoms with E-state index >= 15 is 0 Å². The van der Waals surface area contributed by atoms with Gasteiger partial charge in [0.15, 0.2) is 11.5 Å². The predicted octanol–water partition coefficient (Wildman–Crippen LogP) is 2.56. The summed E-state index contributed by atoms with van der Waals surface area (Å²) in [5.41, 5.74) is 2.26. The molecule has 0 aromatic heterocycles. The lowest BCUT2D eigenvalue weighted by Crippen LogP contribution is -2.00. The molecule has 0 fully saturated rings. The van der Waals surface area contributed by atoms with E-state index in [9.17, 15) is 0 Å². The Labute approximate surface area is 100 Å². The van der Waals surface area contributed by atoms with E-state index in [4.69, 9.17) is 25.8 Å². The molecule has 0 N–H and O–H groups in total. The number of fused-ring (bicyclic) bond motifs is 1. The first-order valence-corrected chi connectivity index (χ1v) is 5.66. The van der Waals surface area contributed by atoms with E-state index in [1.807, 2.05) is 12.1 Å². The van der Waals surface area contributed by atoms with Crippen LogP contribution >= 0.6 is 11.6 Å². The summed E-state index contributed by atoms with van der Waals surface area (Å²) < 4.78 is 16.0. The van der Waals surface area contributed by atoms with Gasteiger partial charge in [0.25, 0.3) is 0 Å². The molecule has 2 rings (SSSR count). The molecule has 1 heterocycles. The molecular formula is C12H15ClO3. The first-order valence-electron chi connectivity index (χ1n) is 5.23. The fraction of sp³-hybridized carbons (Fsp3) is 0.500. The van der Waals surface area contributed by atoms with Crippen molar-refractivity contribution in [2.75, 3.05) is 27.4 Å². The lowest BCUT2D eigenvalue weighted by molar-refractivity contribution is 0.143. The summed E-state index contributed by atoms with van der Waals surface area (Å²) in [5.74, 6) is 1.46. The summed E-state index contributed by atoms with van der Waals surface area (Å²) in [4.78, 5) is 0. The molecule has 0 saturated carbocycles. The van der Waals surface area contributed by atoms with Gasteiger partial charge in [0.2, 0.25) is 0 Å². The topological polar surface area (TPSA) is 27.7 Å². The van der Waals surface area contributed by atoms with Crippen molar-refractivity contribution < 1.29 is 14.2 Å². The molecule has 0 aliphatic carbocycles. The van der Waals surface area contributed by atoms with Crippen LogP contribution in [-0.2, 0) is 11.2 Å². The molecule has 4 heteroatoms. The van der Waals surface area contributed by atoms with Crippen LogP contribution in [0.3, 0.4) is 0 Å². The second-order valence-corrected chi connectivity index (χ2v) is 4.23. The van der Waals surface area contributed by atoms with Gasteiger partial charge in [0.1, 0.15) is 0 Å². The molecule has 0 bridgehead atoms. The van der Waals surface area contributed by atoms with E-state index in [0.717, 1.165) is 17.7 Å². The van der Waals surface area contributed by atoms with Crippen molar-refractivity contribution in [2.45, 2.75) is 11.8 Å². The second-order valence-electron chi connectivity index (χ2n) is 3.70. The van der Waals surface area contributed by atoms with E-state index in [0.29, 0.717) is 19.0 Å². The third-order valence-corrected chi connectivity index (χ3v) is 3.12. The Balaban J connectivity index is 2.47. The fourth-order valence-corrected chi connectivity index (χ4v) is 2.20. The van der Waals surface area contributed by atoms with Gasteiger partial charge in [-0.15, -0.1) is 11.6 Å². The Hall–Kier alpha value is -0.930. The van der Waals surface area contributed by atoms with Crippen molar-refractivity contribution in [3.63, 3.8) is 0 Å². The first-order chi connectivity index (χ1) is 7.76. The molecule has 1 atom stereocenters. The summed E-state index contributed by atoms with van der Waals surface area (Å²) in [6.07, 6.45) is 0.860. The fourth-order valence-electron chi connectivity index (χ4n) is 1.90. The maximum atomic E-state index is 6.25. The van der Waals surface area contributed by atoms with Gasteiger partial charge in [0, 0.05) is 0 Å². The largest absolute Gasteiger partial charge is 0.493 e. The van der Waals surface area contributed by atoms with Crippen molar-refractivity contribution in [1.82, 2.24) is 0 Å². The van der Waals surface area contributed by atoms with Gasteiger partial charge in [-0.05, 0) is 29.7 Å². The maximum absolute atomic E-state index is 6.25. The lowest BCUT2D eigenvalue weighted by atomic mass is 10.0. The Morgan fingerprint density at radius 2 is 1.94 bits per heavy atom. The monoisotopic (exact) mass is 242 g/mol. The minimum atomic E-state index is -0.114. The zero-order valence-electron chi connectivity index (χ0n) is 9.46. The highest BCUT2D eigenvalue weighted by Gasteiger charge is 2.20. The summed E-state index contributed by atoms with van der Waals surface area (Å²) in [6, 6.07) is 3.93. The lowest BCUT2D eigenvalue weighted by Gasteiger charge is -2.14. The van der Waals surface area contributed by atoms with Gasteiger partial charge in [-0.2, -0.15) is 0 Å². The molecule has 0 saturated heterocycles. The average molecular weight is 243 g/mol. The highest BCUT2D eigenvalue weighted by molar-refractivity contribution is 6.21. The van der Waals surface area contributed by atoms with E-state index in [-0.39, 0.29) is 5.38 Å². The highest BCUT2D eigenvalue weighted by atomic mass is 35.5. The number of methoxy groups -OCH3 is 2. The number of ether oxygens (including phenoxy) is 3. The third kappa shape index (κ3) is 2.11. The van der Waals surface area contributed by atoms with Crippen LogP contribution in [0.25, 0.3) is 0 Å². The van der Waals surface area contributed by atoms with E-state index < -0.39 is 0 Å². The minimum Gasteiger partial charge on any atom is -0.493 e. The Bertz CT molecular complexity index is 379. The van der Waals surface area contributed by atoms with Crippen molar-refractivity contribution >= 4 is 11.6 Å². The van der Waals surface area contributed by atoms with E-state index in [1.165, 1.54) is 5.56 Å². The molecule has 1 aliphatic heterocycles. The number of hydrogen-bond acceptors (Lipinski definition) is 3. The van der Waals surface area contributed by atoms with Crippen LogP contribution in [0.2, 0.25) is 0 Å². The molecule has 88 valence electrons. The van der Waals surface area contributed by atoms with Crippen LogP contribution in [-0.4, -0.2) is 27.4 Å². The standard InChI is InChI=1S/C12H15ClO3/c1-14-11-5-8-3-4-16-7-10(13)9(8)6-12(11)15-2/h5-6,10H,3-4,7H2,1-2H3. The zero-order valence-corrected chi connectivity index (χ0v) is 10.2. The molecule has 0 radical (unpaired) electrons. The van der Waals surface area contributed by atoms with Gasteiger partial charge >= 0.3 is 0 Å². The van der Waals surface area contributed by atoms with Gasteiger partial charge in [-0.1, -0.05) is 0 Å². The average Bonchev–Trinajstić information content (AvgIpc) is 2.49. The predicted molar refractivity (Wildman–Crippen MR) is 62.7 cm³/mol. The maximum Gasteiger partial charge on any atom is 0.161 e. The van der Waals surface area contributed by atoms with E-state index in [2.05, 4.69) is 0 Å². The number of benzene rings is 1. The van der Waals surface area contributed by atoms with Crippen LogP contribution in [0.1, 0.15) is 16.5 Å². The molecule has 1 aromatic carbocycles. The second kappa shape index (κ2) is 4.93. The van der Waals surface area contributed by atoms with Crippen LogP contribution < -0.4 is 9.47 Å². The number of halogens is 1. The Kier molecular flexibility index (Phi) is 3.56. The third-order valence-electron chi connectivity index (χ3n) is 2.76. The molecule has 1 unspecified atom stereocenters. The normalized spacial score (nSPS) is 19.8. The van der Waals surface area contributed by atoms with Crippen molar-refractivity contribution in [2.24, 2.45) is 0 Å². The SMILES string of the molecule is COc1cc2c(cc1OC)C(Cl)COCC2. The van der Waals surface area contributed by atoms with Crippen molar-refractivity contribution in [1.29, 1.82) is 0 Å². The first kappa shape index (κ1) is 11.6. The van der Waals surface area contributed by atoms with Crippen molar-refractivity contribution in [3.8, 4) is 11.5 Å². The minimum absolute atomic E-state index is 0.114. The van der Waals surface area contributed by atoms with Gasteiger partial charge in [-0.3, -0.25) is 0 Å². The Morgan fingerprint density at radius 1 is 1.25 bits per heavy atom. The molecule has 1 aliphatic rings. The molecule has 0 amide bonds. The molecule has 16 heavy (non-hydrogen) atoms. The van der Waals surface area contributed by atoms with Crippen LogP contribution in [0.4, 0.5) is 0 Å². The number of hydrogen-bond donors (Lipinski definition) is 0. The van der Waals surface area contributed by atoms with Crippen molar-refractivity contribution in [3.05, 3.63) is 23.3 Å². The summed E-state index contributed by atoms with van der Waals surface area (Å²) in [7, 11) is 3.26. The van der Waals surface area contributed by atoms with Gasteiger partial charge in [0.05, 0.1) is 32.8 Å². The quantitative estimate of drug-likeness (QED) is 0.746. The molecular weight excluding hydrogens is 228 g/mol. The zero-order chi connectivity index (χ0) is 11.5. The van der Waals surface area contributed by atoms with Gasteiger partial charge in [-0.25, -0.2) is 0 Å². The van der Waals surface area contributed by atoms with Crippen LogP contribution in [0.15, 0.2) is 12.1 Å². The molecule has 1 aromatic rings. The van der Waals surface area contributed by atoms with E-state index in [1.54, 1.807) is 14.2 Å². The summed E-state index contributed by atoms with van der Waals surface area (Å²) in [5, 5.41) is -0.114. The number of rotatable bonds is 2.